The first-order valence-corrected chi connectivity index (χ1v) is 10.1. The molecule has 30 heavy (non-hydrogen) atoms. The van der Waals surface area contributed by atoms with Crippen molar-refractivity contribution in [1.82, 2.24) is 15.1 Å². The van der Waals surface area contributed by atoms with Gasteiger partial charge in [0.2, 0.25) is 0 Å². The zero-order valence-electron chi connectivity index (χ0n) is 17.3. The van der Waals surface area contributed by atoms with Crippen molar-refractivity contribution in [2.24, 2.45) is 0 Å². The normalized spacial score (nSPS) is 13.9. The average Bonchev–Trinajstić information content (AvgIpc) is 3.29. The third kappa shape index (κ3) is 3.96. The second-order valence-electron chi connectivity index (χ2n) is 7.07. The Balaban J connectivity index is 1.46. The molecule has 1 N–H and O–H groups in total. The summed E-state index contributed by atoms with van der Waals surface area (Å²) in [5.74, 6) is 1.65. The fourth-order valence-electron chi connectivity index (χ4n) is 3.74. The molecular formula is C23H26N4O3. The van der Waals surface area contributed by atoms with Gasteiger partial charge in [-0.3, -0.25) is 9.89 Å². The summed E-state index contributed by atoms with van der Waals surface area (Å²) < 4.78 is 11.0. The molecule has 2 aromatic carbocycles. The van der Waals surface area contributed by atoms with Crippen molar-refractivity contribution in [3.63, 3.8) is 0 Å². The van der Waals surface area contributed by atoms with Gasteiger partial charge >= 0.3 is 0 Å². The molecule has 0 unspecified atom stereocenters. The second-order valence-corrected chi connectivity index (χ2v) is 7.07. The van der Waals surface area contributed by atoms with E-state index in [4.69, 9.17) is 9.47 Å². The van der Waals surface area contributed by atoms with Crippen molar-refractivity contribution in [3.8, 4) is 22.8 Å². The van der Waals surface area contributed by atoms with Crippen molar-refractivity contribution in [2.75, 3.05) is 44.8 Å². The van der Waals surface area contributed by atoms with Crippen LogP contribution in [0.25, 0.3) is 11.3 Å². The maximum Gasteiger partial charge on any atom is 0.257 e. The first-order chi connectivity index (χ1) is 14.7. The summed E-state index contributed by atoms with van der Waals surface area (Å²) in [6, 6.07) is 15.6. The molecule has 0 atom stereocenters. The Morgan fingerprint density at radius 2 is 1.80 bits per heavy atom. The van der Waals surface area contributed by atoms with Crippen molar-refractivity contribution in [3.05, 3.63) is 60.3 Å². The standard InChI is InChI=1S/C23H26N4O3/c1-3-30-21-7-5-4-6-20(21)26-12-14-27(15-13-26)23(28)19-16-24-25-22(19)17-8-10-18(29-2)11-9-17/h4-11,16H,3,12-15H2,1-2H3,(H,24,25). The van der Waals surface area contributed by atoms with Crippen molar-refractivity contribution in [2.45, 2.75) is 6.92 Å². The zero-order valence-corrected chi connectivity index (χ0v) is 17.3. The molecule has 3 aromatic rings. The molecule has 1 aliphatic heterocycles. The van der Waals surface area contributed by atoms with Gasteiger partial charge in [0.05, 0.1) is 36.9 Å². The van der Waals surface area contributed by atoms with Crippen LogP contribution in [0.5, 0.6) is 11.5 Å². The minimum absolute atomic E-state index is 0.00712. The summed E-state index contributed by atoms with van der Waals surface area (Å²) in [5, 5.41) is 7.09. The topological polar surface area (TPSA) is 70.7 Å². The van der Waals surface area contributed by atoms with Crippen LogP contribution in [0, 0.1) is 0 Å². The van der Waals surface area contributed by atoms with E-state index in [1.165, 1.54) is 0 Å². The van der Waals surface area contributed by atoms with E-state index in [2.05, 4.69) is 21.2 Å². The number of aromatic nitrogens is 2. The maximum atomic E-state index is 13.2. The minimum Gasteiger partial charge on any atom is -0.497 e. The molecule has 1 aliphatic rings. The van der Waals surface area contributed by atoms with Crippen LogP contribution in [0.15, 0.2) is 54.7 Å². The molecule has 156 valence electrons. The molecule has 0 bridgehead atoms. The van der Waals surface area contributed by atoms with Gasteiger partial charge in [0, 0.05) is 31.7 Å². The first-order valence-electron chi connectivity index (χ1n) is 10.1. The van der Waals surface area contributed by atoms with Crippen LogP contribution in [0.1, 0.15) is 17.3 Å². The number of amides is 1. The molecule has 1 saturated heterocycles. The predicted octanol–water partition coefficient (Wildman–Crippen LogP) is 3.45. The number of rotatable bonds is 6. The Labute approximate surface area is 176 Å². The lowest BCUT2D eigenvalue weighted by molar-refractivity contribution is 0.0747. The second kappa shape index (κ2) is 8.90. The van der Waals surface area contributed by atoms with E-state index in [-0.39, 0.29) is 5.91 Å². The van der Waals surface area contributed by atoms with Crippen LogP contribution >= 0.6 is 0 Å². The Kier molecular flexibility index (Phi) is 5.88. The number of H-pyrrole nitrogens is 1. The van der Waals surface area contributed by atoms with Gasteiger partial charge in [0.15, 0.2) is 0 Å². The van der Waals surface area contributed by atoms with Gasteiger partial charge in [-0.05, 0) is 43.3 Å². The molecule has 1 amide bonds. The van der Waals surface area contributed by atoms with E-state index < -0.39 is 0 Å². The fraction of sp³-hybridized carbons (Fsp3) is 0.304. The molecule has 0 saturated carbocycles. The SMILES string of the molecule is CCOc1ccccc1N1CCN(C(=O)c2cn[nH]c2-c2ccc(OC)cc2)CC1. The lowest BCUT2D eigenvalue weighted by Crippen LogP contribution is -2.49. The van der Waals surface area contributed by atoms with E-state index in [9.17, 15) is 4.79 Å². The molecule has 7 heteroatoms. The Morgan fingerprint density at radius 1 is 1.07 bits per heavy atom. The molecule has 7 nitrogen and oxygen atoms in total. The zero-order chi connectivity index (χ0) is 20.9. The van der Waals surface area contributed by atoms with E-state index in [0.29, 0.717) is 25.3 Å². The van der Waals surface area contributed by atoms with Crippen molar-refractivity contribution < 1.29 is 14.3 Å². The number of hydrogen-bond donors (Lipinski definition) is 1. The number of aromatic amines is 1. The Bertz CT molecular complexity index is 992. The molecule has 2 heterocycles. The number of nitrogens with one attached hydrogen (secondary N) is 1. The summed E-state index contributed by atoms with van der Waals surface area (Å²) in [4.78, 5) is 17.3. The summed E-state index contributed by atoms with van der Waals surface area (Å²) in [5.41, 5.74) is 3.30. The van der Waals surface area contributed by atoms with Gasteiger partial charge in [0.1, 0.15) is 11.5 Å². The highest BCUT2D eigenvalue weighted by atomic mass is 16.5. The number of carbonyl (C=O) groups excluding carboxylic acids is 1. The van der Waals surface area contributed by atoms with E-state index in [1.54, 1.807) is 13.3 Å². The van der Waals surface area contributed by atoms with Crippen LogP contribution in [-0.2, 0) is 0 Å². The number of piperazine rings is 1. The lowest BCUT2D eigenvalue weighted by Gasteiger charge is -2.36. The van der Waals surface area contributed by atoms with Crippen molar-refractivity contribution >= 4 is 11.6 Å². The van der Waals surface area contributed by atoms with Gasteiger partial charge in [-0.15, -0.1) is 0 Å². The summed E-state index contributed by atoms with van der Waals surface area (Å²) in [6.45, 7) is 5.42. The summed E-state index contributed by atoms with van der Waals surface area (Å²) in [7, 11) is 1.63. The average molecular weight is 406 g/mol. The maximum absolute atomic E-state index is 13.2. The van der Waals surface area contributed by atoms with Gasteiger partial charge in [0.25, 0.3) is 5.91 Å². The van der Waals surface area contributed by atoms with Crippen molar-refractivity contribution in [1.29, 1.82) is 0 Å². The smallest absolute Gasteiger partial charge is 0.257 e. The number of methoxy groups -OCH3 is 1. The monoisotopic (exact) mass is 406 g/mol. The molecular weight excluding hydrogens is 380 g/mol. The Hall–Kier alpha value is -3.48. The number of hydrogen-bond acceptors (Lipinski definition) is 5. The van der Waals surface area contributed by atoms with Crippen LogP contribution < -0.4 is 14.4 Å². The van der Waals surface area contributed by atoms with E-state index in [0.717, 1.165) is 41.5 Å². The number of nitrogens with zero attached hydrogens (tertiary/aromatic N) is 3. The first kappa shape index (κ1) is 19.8. The van der Waals surface area contributed by atoms with Crippen LogP contribution in [0.3, 0.4) is 0 Å². The van der Waals surface area contributed by atoms with Gasteiger partial charge in [-0.25, -0.2) is 0 Å². The summed E-state index contributed by atoms with van der Waals surface area (Å²) in [6.07, 6.45) is 1.61. The molecule has 0 aliphatic carbocycles. The number of anilines is 1. The number of carbonyl (C=O) groups is 1. The Morgan fingerprint density at radius 3 is 2.50 bits per heavy atom. The predicted molar refractivity (Wildman–Crippen MR) is 116 cm³/mol. The number of benzene rings is 2. The lowest BCUT2D eigenvalue weighted by atomic mass is 10.1. The quantitative estimate of drug-likeness (QED) is 0.679. The van der Waals surface area contributed by atoms with E-state index >= 15 is 0 Å². The largest absolute Gasteiger partial charge is 0.497 e. The highest BCUT2D eigenvalue weighted by Crippen LogP contribution is 2.30. The molecule has 4 rings (SSSR count). The molecule has 0 spiro atoms. The third-order valence-electron chi connectivity index (χ3n) is 5.32. The van der Waals surface area contributed by atoms with Gasteiger partial charge in [-0.1, -0.05) is 12.1 Å². The van der Waals surface area contributed by atoms with Crippen LogP contribution in [0.2, 0.25) is 0 Å². The van der Waals surface area contributed by atoms with Crippen LogP contribution in [-0.4, -0.2) is 60.9 Å². The van der Waals surface area contributed by atoms with Gasteiger partial charge in [-0.2, -0.15) is 5.10 Å². The highest BCUT2D eigenvalue weighted by Gasteiger charge is 2.26. The molecule has 0 radical (unpaired) electrons. The highest BCUT2D eigenvalue weighted by molar-refractivity contribution is 5.99. The van der Waals surface area contributed by atoms with E-state index in [1.807, 2.05) is 54.3 Å². The molecule has 1 fully saturated rings. The third-order valence-corrected chi connectivity index (χ3v) is 5.32. The molecule has 1 aromatic heterocycles. The number of ether oxygens (including phenoxy) is 2. The number of para-hydroxylation sites is 2. The minimum atomic E-state index is -0.00712. The van der Waals surface area contributed by atoms with Gasteiger partial charge < -0.3 is 19.3 Å². The van der Waals surface area contributed by atoms with Crippen LogP contribution in [0.4, 0.5) is 5.69 Å². The fourth-order valence-corrected chi connectivity index (χ4v) is 3.74. The summed E-state index contributed by atoms with van der Waals surface area (Å²) >= 11 is 0.